The van der Waals surface area contributed by atoms with E-state index in [-0.39, 0.29) is 16.8 Å². The molecule has 3 aromatic rings. The average molecular weight is 525 g/mol. The summed E-state index contributed by atoms with van der Waals surface area (Å²) in [7, 11) is 1.78. The summed E-state index contributed by atoms with van der Waals surface area (Å²) < 4.78 is 16.9. The van der Waals surface area contributed by atoms with Crippen LogP contribution >= 0.6 is 11.6 Å². The van der Waals surface area contributed by atoms with E-state index in [4.69, 9.17) is 17.3 Å². The van der Waals surface area contributed by atoms with Crippen molar-refractivity contribution in [2.24, 2.45) is 18.9 Å². The Morgan fingerprint density at radius 1 is 1.30 bits per heavy atom. The molecule has 2 heterocycles. The van der Waals surface area contributed by atoms with Crippen LogP contribution in [0, 0.1) is 29.5 Å². The van der Waals surface area contributed by atoms with Gasteiger partial charge in [-0.1, -0.05) is 23.4 Å². The zero-order chi connectivity index (χ0) is 26.5. The molecule has 4 N–H and O–H groups in total. The van der Waals surface area contributed by atoms with Gasteiger partial charge in [-0.25, -0.2) is 9.37 Å². The summed E-state index contributed by atoms with van der Waals surface area (Å²) >= 11 is 5.86. The number of hydrogen-bond acceptors (Lipinski definition) is 5. The Bertz CT molecular complexity index is 1400. The number of nitrogen functional groups attached to an aromatic ring is 1. The van der Waals surface area contributed by atoms with Gasteiger partial charge in [0, 0.05) is 24.8 Å². The van der Waals surface area contributed by atoms with E-state index in [9.17, 15) is 14.3 Å². The molecule has 0 spiro atoms. The number of carbonyl (C=O) groups is 1. The standard InChI is InChI=1S/C27H30ClFN6O2/c1-26(2,35-9-6-22(30)33-35)7-8-27(37)13-17-10-16(11-18(17)14-27)23-24(34(3)15-31-23)25(36)32-19-4-5-21(29)20(28)12-19/h4-6,9,12,15-18,37H,10-11,13-14H2,1-3H3,(H2,30,33)(H,32,36). The number of rotatable bonds is 4. The molecule has 10 heteroatoms. The molecule has 2 aliphatic carbocycles. The lowest BCUT2D eigenvalue weighted by molar-refractivity contribution is 0.0975. The number of carbonyl (C=O) groups excluding carboxylic acids is 1. The maximum Gasteiger partial charge on any atom is 0.274 e. The number of benzene rings is 1. The highest BCUT2D eigenvalue weighted by Gasteiger charge is 2.49. The average Bonchev–Trinajstić information content (AvgIpc) is 3.58. The van der Waals surface area contributed by atoms with Gasteiger partial charge in [0.1, 0.15) is 28.5 Å². The van der Waals surface area contributed by atoms with Crippen molar-refractivity contribution in [1.82, 2.24) is 19.3 Å². The fraction of sp³-hybridized carbons (Fsp3) is 0.444. The quantitative estimate of drug-likeness (QED) is 0.440. The van der Waals surface area contributed by atoms with E-state index < -0.39 is 17.0 Å². The van der Waals surface area contributed by atoms with E-state index in [1.54, 1.807) is 34.9 Å². The number of aromatic nitrogens is 4. The van der Waals surface area contributed by atoms with Gasteiger partial charge in [0.15, 0.2) is 0 Å². The molecule has 0 bridgehead atoms. The van der Waals surface area contributed by atoms with Gasteiger partial charge in [-0.15, -0.1) is 0 Å². The minimum Gasteiger partial charge on any atom is -0.382 e. The molecule has 0 aliphatic heterocycles. The first-order valence-electron chi connectivity index (χ1n) is 12.3. The van der Waals surface area contributed by atoms with Crippen LogP contribution in [0.3, 0.4) is 0 Å². The molecular formula is C27H30ClFN6O2. The Labute approximate surface area is 220 Å². The minimum atomic E-state index is -1.05. The van der Waals surface area contributed by atoms with Gasteiger partial charge in [0.25, 0.3) is 5.91 Å². The van der Waals surface area contributed by atoms with Gasteiger partial charge in [0.05, 0.1) is 17.0 Å². The highest BCUT2D eigenvalue weighted by Crippen LogP contribution is 2.53. The maximum atomic E-state index is 13.5. The molecule has 5 rings (SSSR count). The Morgan fingerprint density at radius 3 is 2.62 bits per heavy atom. The number of imidazole rings is 1. The summed E-state index contributed by atoms with van der Waals surface area (Å²) in [5.41, 5.74) is 5.72. The second-order valence-corrected chi connectivity index (χ2v) is 11.2. The molecule has 1 amide bonds. The van der Waals surface area contributed by atoms with Gasteiger partial charge >= 0.3 is 0 Å². The van der Waals surface area contributed by atoms with Gasteiger partial charge in [-0.2, -0.15) is 5.10 Å². The predicted molar refractivity (Wildman–Crippen MR) is 139 cm³/mol. The largest absolute Gasteiger partial charge is 0.382 e. The van der Waals surface area contributed by atoms with Crippen LogP contribution in [-0.4, -0.2) is 35.9 Å². The van der Waals surface area contributed by atoms with Gasteiger partial charge < -0.3 is 20.7 Å². The molecule has 37 heavy (non-hydrogen) atoms. The van der Waals surface area contributed by atoms with Crippen LogP contribution in [0.5, 0.6) is 0 Å². The molecular weight excluding hydrogens is 495 g/mol. The summed E-state index contributed by atoms with van der Waals surface area (Å²) in [6.45, 7) is 3.88. The van der Waals surface area contributed by atoms with Crippen LogP contribution in [0.15, 0.2) is 36.8 Å². The summed E-state index contributed by atoms with van der Waals surface area (Å²) in [5.74, 6) is 6.60. The number of halogens is 2. The van der Waals surface area contributed by atoms with Crippen LogP contribution in [-0.2, 0) is 12.6 Å². The Hall–Kier alpha value is -3.35. The van der Waals surface area contributed by atoms with Crippen LogP contribution < -0.4 is 11.1 Å². The number of anilines is 2. The van der Waals surface area contributed by atoms with Gasteiger partial charge in [0.2, 0.25) is 0 Å². The van der Waals surface area contributed by atoms with E-state index in [1.807, 2.05) is 13.8 Å². The molecule has 2 saturated carbocycles. The normalized spacial score (nSPS) is 25.0. The molecule has 194 valence electrons. The summed E-state index contributed by atoms with van der Waals surface area (Å²) in [4.78, 5) is 17.7. The molecule has 1 aromatic carbocycles. The van der Waals surface area contributed by atoms with E-state index in [1.165, 1.54) is 18.2 Å². The number of amides is 1. The van der Waals surface area contributed by atoms with Crippen LogP contribution in [0.2, 0.25) is 5.02 Å². The number of nitrogens with two attached hydrogens (primary N) is 1. The third-order valence-electron chi connectivity index (χ3n) is 7.57. The lowest BCUT2D eigenvalue weighted by Crippen LogP contribution is -2.28. The van der Waals surface area contributed by atoms with Gasteiger partial charge in [-0.3, -0.25) is 9.48 Å². The van der Waals surface area contributed by atoms with Crippen molar-refractivity contribution in [2.75, 3.05) is 11.1 Å². The summed E-state index contributed by atoms with van der Waals surface area (Å²) in [6, 6.07) is 5.80. The highest BCUT2D eigenvalue weighted by atomic mass is 35.5. The molecule has 0 radical (unpaired) electrons. The number of fused-ring (bicyclic) bond motifs is 1. The third-order valence-corrected chi connectivity index (χ3v) is 7.86. The van der Waals surface area contributed by atoms with Crippen LogP contribution in [0.1, 0.15) is 61.6 Å². The van der Waals surface area contributed by atoms with E-state index >= 15 is 0 Å². The molecule has 2 atom stereocenters. The number of aliphatic hydroxyl groups is 1. The highest BCUT2D eigenvalue weighted by molar-refractivity contribution is 6.31. The monoisotopic (exact) mass is 524 g/mol. The molecule has 2 aromatic heterocycles. The second-order valence-electron chi connectivity index (χ2n) is 10.8. The molecule has 2 aliphatic rings. The van der Waals surface area contributed by atoms with Crippen LogP contribution in [0.4, 0.5) is 15.9 Å². The lowest BCUT2D eigenvalue weighted by Gasteiger charge is -2.22. The number of nitrogens with one attached hydrogen (secondary N) is 1. The van der Waals surface area contributed by atoms with Crippen molar-refractivity contribution in [2.45, 2.75) is 56.6 Å². The predicted octanol–water partition coefficient (Wildman–Crippen LogP) is 4.32. The van der Waals surface area contributed by atoms with Crippen molar-refractivity contribution in [1.29, 1.82) is 0 Å². The molecule has 0 saturated heterocycles. The van der Waals surface area contributed by atoms with E-state index in [0.717, 1.165) is 18.5 Å². The summed E-state index contributed by atoms with van der Waals surface area (Å²) in [5, 5.41) is 18.3. The summed E-state index contributed by atoms with van der Waals surface area (Å²) in [6.07, 6.45) is 6.25. The van der Waals surface area contributed by atoms with Crippen molar-refractivity contribution in [3.63, 3.8) is 0 Å². The SMILES string of the molecule is Cn1cnc(C2CC3CC(O)(C#CC(C)(C)n4ccc(N)n4)CC3C2)c1C(=O)Nc1ccc(F)c(Cl)c1. The third kappa shape index (κ3) is 4.96. The number of aryl methyl sites for hydroxylation is 1. The molecule has 2 unspecified atom stereocenters. The zero-order valence-electron chi connectivity index (χ0n) is 21.0. The van der Waals surface area contributed by atoms with Crippen molar-refractivity contribution >= 4 is 29.0 Å². The number of nitrogens with zero attached hydrogens (tertiary/aromatic N) is 4. The smallest absolute Gasteiger partial charge is 0.274 e. The van der Waals surface area contributed by atoms with E-state index in [2.05, 4.69) is 27.2 Å². The topological polar surface area (TPSA) is 111 Å². The maximum absolute atomic E-state index is 13.5. The lowest BCUT2D eigenvalue weighted by atomic mass is 9.91. The second kappa shape index (κ2) is 9.19. The number of hydrogen-bond donors (Lipinski definition) is 3. The minimum absolute atomic E-state index is 0.0561. The first-order valence-corrected chi connectivity index (χ1v) is 12.7. The van der Waals surface area contributed by atoms with Crippen molar-refractivity contribution in [3.05, 3.63) is 59.0 Å². The first-order chi connectivity index (χ1) is 17.4. The fourth-order valence-corrected chi connectivity index (χ4v) is 5.93. The Balaban J connectivity index is 1.28. The van der Waals surface area contributed by atoms with Crippen molar-refractivity contribution < 1.29 is 14.3 Å². The molecule has 2 fully saturated rings. The van der Waals surface area contributed by atoms with Gasteiger partial charge in [-0.05, 0) is 75.6 Å². The zero-order valence-corrected chi connectivity index (χ0v) is 21.8. The molecule has 8 nitrogen and oxygen atoms in total. The van der Waals surface area contributed by atoms with E-state index in [0.29, 0.717) is 41.9 Å². The fourth-order valence-electron chi connectivity index (χ4n) is 5.75. The van der Waals surface area contributed by atoms with Crippen molar-refractivity contribution in [3.8, 4) is 11.8 Å². The Morgan fingerprint density at radius 2 is 2.00 bits per heavy atom. The van der Waals surface area contributed by atoms with Crippen LogP contribution in [0.25, 0.3) is 0 Å². The Kier molecular flexibility index (Phi) is 6.29. The first kappa shape index (κ1) is 25.3.